The van der Waals surface area contributed by atoms with Gasteiger partial charge in [0, 0.05) is 41.3 Å². The first-order valence-corrected chi connectivity index (χ1v) is 15.8. The lowest BCUT2D eigenvalue weighted by atomic mass is 9.96. The highest BCUT2D eigenvalue weighted by atomic mass is 32.2. The van der Waals surface area contributed by atoms with Crippen molar-refractivity contribution in [3.63, 3.8) is 0 Å². The molecule has 3 N–H and O–H groups in total. The molecular weight excluding hydrogens is 520 g/mol. The molecule has 1 saturated heterocycles. The number of hydrogen-bond acceptors (Lipinski definition) is 5. The molecule has 2 aliphatic heterocycles. The number of likely N-dealkylation sites (tertiary alicyclic amines) is 1. The molecule has 3 aromatic rings. The quantitative estimate of drug-likeness (QED) is 0.260. The van der Waals surface area contributed by atoms with Crippen LogP contribution in [0.4, 0.5) is 17.1 Å². The van der Waals surface area contributed by atoms with Crippen LogP contribution in [0.3, 0.4) is 0 Å². The highest BCUT2D eigenvalue weighted by molar-refractivity contribution is 7.92. The number of sulfonamides is 1. The summed E-state index contributed by atoms with van der Waals surface area (Å²) in [5.74, 6) is -0.202. The molecule has 2 atom stereocenters. The lowest BCUT2D eigenvalue weighted by Gasteiger charge is -2.39. The van der Waals surface area contributed by atoms with Gasteiger partial charge in [0.25, 0.3) is 5.91 Å². The van der Waals surface area contributed by atoms with E-state index in [1.165, 1.54) is 24.8 Å². The largest absolute Gasteiger partial charge is 0.354 e. The van der Waals surface area contributed by atoms with Crippen LogP contribution in [-0.2, 0) is 21.4 Å². The number of amides is 1. The number of benzene rings is 3. The van der Waals surface area contributed by atoms with Crippen molar-refractivity contribution in [3.8, 4) is 0 Å². The van der Waals surface area contributed by atoms with E-state index in [0.29, 0.717) is 46.7 Å². The molecular formula is C32H38N4O3S. The molecule has 0 spiro atoms. The number of rotatable bonds is 9. The molecule has 2 heterocycles. The van der Waals surface area contributed by atoms with E-state index in [1.807, 2.05) is 37.3 Å². The maximum atomic E-state index is 13.3. The van der Waals surface area contributed by atoms with E-state index >= 15 is 0 Å². The van der Waals surface area contributed by atoms with Gasteiger partial charge in [0.05, 0.1) is 17.0 Å². The zero-order valence-electron chi connectivity index (χ0n) is 23.4. The molecule has 0 aliphatic carbocycles. The van der Waals surface area contributed by atoms with E-state index in [-0.39, 0.29) is 11.7 Å². The second-order valence-corrected chi connectivity index (χ2v) is 12.7. The van der Waals surface area contributed by atoms with E-state index in [1.54, 1.807) is 18.2 Å². The summed E-state index contributed by atoms with van der Waals surface area (Å²) in [7, 11) is -3.47. The van der Waals surface area contributed by atoms with E-state index < -0.39 is 10.0 Å². The highest BCUT2D eigenvalue weighted by Gasteiger charge is 2.29. The van der Waals surface area contributed by atoms with Gasteiger partial charge in [-0.25, -0.2) is 8.42 Å². The van der Waals surface area contributed by atoms with Crippen LogP contribution in [0.5, 0.6) is 0 Å². The highest BCUT2D eigenvalue weighted by Crippen LogP contribution is 2.39. The zero-order valence-corrected chi connectivity index (χ0v) is 24.2. The molecule has 210 valence electrons. The third-order valence-corrected chi connectivity index (χ3v) is 9.28. The summed E-state index contributed by atoms with van der Waals surface area (Å²) in [6.07, 6.45) is 4.29. The molecule has 5 rings (SSSR count). The van der Waals surface area contributed by atoms with Crippen LogP contribution in [0.2, 0.25) is 0 Å². The fourth-order valence-corrected chi connectivity index (χ4v) is 6.82. The molecule has 0 radical (unpaired) electrons. The molecule has 1 amide bonds. The van der Waals surface area contributed by atoms with Gasteiger partial charge in [-0.15, -0.1) is 0 Å². The smallest absolute Gasteiger partial charge is 0.258 e. The van der Waals surface area contributed by atoms with E-state index in [9.17, 15) is 13.2 Å². The predicted octanol–water partition coefficient (Wildman–Crippen LogP) is 6.53. The lowest BCUT2D eigenvalue weighted by Crippen LogP contribution is -2.42. The topological polar surface area (TPSA) is 90.5 Å². The number of hydrogen-bond donors (Lipinski definition) is 3. The van der Waals surface area contributed by atoms with Gasteiger partial charge in [-0.2, -0.15) is 0 Å². The number of anilines is 3. The second-order valence-electron chi connectivity index (χ2n) is 10.9. The summed E-state index contributed by atoms with van der Waals surface area (Å²) in [5.41, 5.74) is 5.85. The van der Waals surface area contributed by atoms with Gasteiger partial charge in [0.15, 0.2) is 0 Å². The molecule has 0 saturated carbocycles. The van der Waals surface area contributed by atoms with Crippen LogP contribution in [0.15, 0.2) is 72.8 Å². The third-order valence-electron chi connectivity index (χ3n) is 7.79. The van der Waals surface area contributed by atoms with Crippen molar-refractivity contribution in [2.45, 2.75) is 65.1 Å². The van der Waals surface area contributed by atoms with Gasteiger partial charge >= 0.3 is 0 Å². The third kappa shape index (κ3) is 6.24. The van der Waals surface area contributed by atoms with Crippen LogP contribution in [0, 0.1) is 0 Å². The van der Waals surface area contributed by atoms with Gasteiger partial charge in [0.2, 0.25) is 10.0 Å². The molecule has 2 aliphatic rings. The minimum atomic E-state index is -3.47. The average Bonchev–Trinajstić information content (AvgIpc) is 3.25. The standard InChI is InChI=1S/C32H38N4O3S/c1-4-19-40(38,39)35-27-17-18-29-28(20-27)30(32(37)34-29)31(25-11-6-5-7-12-25)33-26-15-13-24(14-16-26)21-36-22(2)9-8-10-23(36)3/h5-7,11-18,20,22-23,33,35H,4,8-10,19,21H2,1-3H3,(H,34,37)/b31-30-. The average molecular weight is 559 g/mol. The maximum absolute atomic E-state index is 13.3. The Morgan fingerprint density at radius 2 is 1.62 bits per heavy atom. The summed E-state index contributed by atoms with van der Waals surface area (Å²) >= 11 is 0. The summed E-state index contributed by atoms with van der Waals surface area (Å²) in [5, 5.41) is 6.45. The van der Waals surface area contributed by atoms with Crippen molar-refractivity contribution in [2.75, 3.05) is 21.1 Å². The summed E-state index contributed by atoms with van der Waals surface area (Å²) < 4.78 is 27.5. The van der Waals surface area contributed by atoms with Crippen LogP contribution < -0.4 is 15.4 Å². The van der Waals surface area contributed by atoms with Gasteiger partial charge in [0.1, 0.15) is 0 Å². The van der Waals surface area contributed by atoms with Crippen LogP contribution in [-0.4, -0.2) is 37.1 Å². The van der Waals surface area contributed by atoms with Gasteiger partial charge < -0.3 is 10.6 Å². The number of carbonyl (C=O) groups excluding carboxylic acids is 1. The predicted molar refractivity (Wildman–Crippen MR) is 164 cm³/mol. The zero-order chi connectivity index (χ0) is 28.3. The molecule has 3 aromatic carbocycles. The monoisotopic (exact) mass is 558 g/mol. The van der Waals surface area contributed by atoms with Gasteiger partial charge in [-0.1, -0.05) is 55.8 Å². The van der Waals surface area contributed by atoms with Crippen LogP contribution in [0.1, 0.15) is 63.1 Å². The Hall–Kier alpha value is -3.62. The summed E-state index contributed by atoms with van der Waals surface area (Å²) in [4.78, 5) is 15.9. The number of piperidine rings is 1. The Morgan fingerprint density at radius 3 is 2.30 bits per heavy atom. The minimum Gasteiger partial charge on any atom is -0.354 e. The van der Waals surface area contributed by atoms with E-state index in [2.05, 4.69) is 58.4 Å². The molecule has 8 heteroatoms. The Morgan fingerprint density at radius 1 is 0.950 bits per heavy atom. The molecule has 7 nitrogen and oxygen atoms in total. The number of carbonyl (C=O) groups is 1. The summed E-state index contributed by atoms with van der Waals surface area (Å²) in [6, 6.07) is 24.4. The Bertz CT molecular complexity index is 1490. The van der Waals surface area contributed by atoms with Gasteiger partial charge in [-0.3, -0.25) is 14.4 Å². The van der Waals surface area contributed by atoms with Crippen molar-refractivity contribution >= 4 is 44.3 Å². The van der Waals surface area contributed by atoms with Gasteiger partial charge in [-0.05, 0) is 74.6 Å². The molecule has 0 aromatic heterocycles. The first-order valence-electron chi connectivity index (χ1n) is 14.1. The van der Waals surface area contributed by atoms with Crippen molar-refractivity contribution < 1.29 is 13.2 Å². The number of fused-ring (bicyclic) bond motifs is 1. The molecule has 2 unspecified atom stereocenters. The fourth-order valence-electron chi connectivity index (χ4n) is 5.70. The van der Waals surface area contributed by atoms with Crippen LogP contribution in [0.25, 0.3) is 11.3 Å². The first kappa shape index (κ1) is 27.9. The molecule has 0 bridgehead atoms. The Kier molecular flexibility index (Phi) is 8.28. The van der Waals surface area contributed by atoms with Crippen molar-refractivity contribution in [3.05, 3.63) is 89.5 Å². The van der Waals surface area contributed by atoms with E-state index in [4.69, 9.17) is 0 Å². The Labute approximate surface area is 237 Å². The number of nitrogens with zero attached hydrogens (tertiary/aromatic N) is 1. The fraction of sp³-hybridized carbons (Fsp3) is 0.344. The first-order chi connectivity index (χ1) is 19.2. The van der Waals surface area contributed by atoms with Crippen molar-refractivity contribution in [1.82, 2.24) is 4.90 Å². The number of nitrogens with one attached hydrogen (secondary N) is 3. The molecule has 40 heavy (non-hydrogen) atoms. The normalized spacial score (nSPS) is 20.5. The minimum absolute atomic E-state index is 0.0341. The second kappa shape index (κ2) is 11.9. The van der Waals surface area contributed by atoms with Crippen molar-refractivity contribution in [2.24, 2.45) is 0 Å². The van der Waals surface area contributed by atoms with Crippen molar-refractivity contribution in [1.29, 1.82) is 0 Å². The maximum Gasteiger partial charge on any atom is 0.258 e. The molecule has 1 fully saturated rings. The lowest BCUT2D eigenvalue weighted by molar-refractivity contribution is -0.110. The summed E-state index contributed by atoms with van der Waals surface area (Å²) in [6.45, 7) is 7.37. The Balaban J connectivity index is 1.48. The van der Waals surface area contributed by atoms with E-state index in [0.717, 1.165) is 17.8 Å². The SMILES string of the molecule is CCCS(=O)(=O)Nc1ccc2c(c1)/C(=C(/Nc1ccc(CN3C(C)CCCC3C)cc1)c1ccccc1)C(=O)N2. The van der Waals surface area contributed by atoms with Crippen LogP contribution >= 0.6 is 0 Å².